The zero-order valence-electron chi connectivity index (χ0n) is 26.7. The van der Waals surface area contributed by atoms with E-state index in [1.807, 2.05) is 0 Å². The number of halogens is 3. The molecule has 18 heteroatoms. The summed E-state index contributed by atoms with van der Waals surface area (Å²) in [6.07, 6.45) is 11.7. The Labute approximate surface area is 293 Å². The van der Waals surface area contributed by atoms with Crippen LogP contribution in [-0.4, -0.2) is 93.9 Å². The van der Waals surface area contributed by atoms with Gasteiger partial charge in [0.15, 0.2) is 5.78 Å². The van der Waals surface area contributed by atoms with E-state index in [0.717, 1.165) is 51.9 Å². The summed E-state index contributed by atoms with van der Waals surface area (Å²) in [5.74, 6) is -0.753. The van der Waals surface area contributed by atoms with E-state index in [1.165, 1.54) is 53.6 Å². The van der Waals surface area contributed by atoms with Crippen LogP contribution in [0.1, 0.15) is 36.0 Å². The monoisotopic (exact) mass is 750 g/mol. The highest BCUT2D eigenvalue weighted by Gasteiger charge is 2.20. The number of nitrogens with one attached hydrogen (secondary N) is 2. The lowest BCUT2D eigenvalue weighted by molar-refractivity contribution is 0.102. The Bertz CT molecular complexity index is 1900. The number of benzene rings is 2. The molecule has 3 aromatic heterocycles. The number of Topliss-reactive ketones (excluding diaryl/α,β-unsaturated/α-hetero) is 1. The molecular weight excluding hydrogens is 718 g/mol. The van der Waals surface area contributed by atoms with Crippen LogP contribution in [0.3, 0.4) is 0 Å². The van der Waals surface area contributed by atoms with Gasteiger partial charge in [-0.2, -0.15) is 10.2 Å². The quantitative estimate of drug-likeness (QED) is 0.162. The Morgan fingerprint density at radius 2 is 1.40 bits per heavy atom. The number of nitrogen functional groups attached to an aromatic ring is 1. The highest BCUT2D eigenvalue weighted by molar-refractivity contribution is 9.09. The van der Waals surface area contributed by atoms with Crippen LogP contribution < -0.4 is 16.4 Å². The molecule has 0 saturated carbocycles. The average molecular weight is 752 g/mol. The number of rotatable bonds is 5. The van der Waals surface area contributed by atoms with Crippen LogP contribution in [-0.2, 0) is 0 Å². The maximum atomic E-state index is 14.2. The number of aromatic nitrogens is 7. The molecule has 260 valence electrons. The largest absolute Gasteiger partial charge is 0.366 e. The van der Waals surface area contributed by atoms with Gasteiger partial charge < -0.3 is 26.2 Å². The molecule has 0 radical (unpaired) electrons. The van der Waals surface area contributed by atoms with Gasteiger partial charge in [0.05, 0.1) is 47.6 Å². The summed E-state index contributed by atoms with van der Waals surface area (Å²) in [6.45, 7) is 2.98. The number of likely N-dealkylation sites (tertiary alicyclic amines) is 2. The number of hydrogen-bond acceptors (Lipinski definition) is 10. The number of nitrogens with zero attached hydrogens (tertiary/aromatic N) is 9. The maximum absolute atomic E-state index is 14.2. The number of ketones is 1. The summed E-state index contributed by atoms with van der Waals surface area (Å²) in [7, 11) is 0. The third kappa shape index (κ3) is 9.49. The first-order valence-electron chi connectivity index (χ1n) is 15.6. The average Bonchev–Trinajstić information content (AvgIpc) is 3.93. The van der Waals surface area contributed by atoms with Crippen molar-refractivity contribution in [1.82, 2.24) is 44.6 Å². The highest BCUT2D eigenvalue weighted by Crippen LogP contribution is 2.26. The van der Waals surface area contributed by atoms with Gasteiger partial charge in [0.1, 0.15) is 11.6 Å². The van der Waals surface area contributed by atoms with Crippen LogP contribution in [0.15, 0.2) is 67.4 Å². The van der Waals surface area contributed by atoms with Gasteiger partial charge >= 0.3 is 12.1 Å². The molecule has 5 heterocycles. The predicted molar refractivity (Wildman–Crippen MR) is 185 cm³/mol. The lowest BCUT2D eigenvalue weighted by Crippen LogP contribution is -2.32. The third-order valence-electron chi connectivity index (χ3n) is 7.54. The molecule has 5 aromatic rings. The van der Waals surface area contributed by atoms with Crippen LogP contribution in [0.4, 0.5) is 35.7 Å². The Morgan fingerprint density at radius 1 is 0.800 bits per heavy atom. The lowest BCUT2D eigenvalue weighted by atomic mass is 10.1. The molecule has 0 atom stereocenters. The Kier molecular flexibility index (Phi) is 12.2. The minimum absolute atomic E-state index is 0.0175. The fourth-order valence-corrected chi connectivity index (χ4v) is 5.36. The SMILES string of the molecule is Nc1nccnn1.O=C(CBr)c1cc(NC(=O)N2CCCC2)ccc1F.O=C(Nc1ccc(F)c(-c2cn3nccnc3n2)c1)N1CCCC1. The molecule has 0 bridgehead atoms. The molecule has 0 unspecified atom stereocenters. The van der Waals surface area contributed by atoms with Gasteiger partial charge in [-0.25, -0.2) is 37.8 Å². The number of hydrogen-bond donors (Lipinski definition) is 3. The molecule has 2 fully saturated rings. The number of anilines is 3. The second-order valence-corrected chi connectivity index (χ2v) is 11.6. The van der Waals surface area contributed by atoms with Crippen LogP contribution in [0, 0.1) is 11.6 Å². The first kappa shape index (κ1) is 35.7. The standard InChI is InChI=1S/C16H15FN6O.C13H14BrFN2O2.C3H4N4/c17-13-4-3-11(20-16(24)22-7-1-2-8-22)9-12(13)14-10-23-15(21-14)18-5-6-19-23;14-8-12(18)10-7-9(3-4-11(10)15)16-13(19)17-5-1-2-6-17;4-3-5-1-2-6-7-3/h3-6,9-10H,1-2,7-8H2,(H,20,24);3-4,7H,1-2,5-6,8H2,(H,16,19);1-2H,(H2,4,5,7). The first-order valence-corrected chi connectivity index (χ1v) is 16.7. The van der Waals surface area contributed by atoms with Gasteiger partial charge in [-0.05, 0) is 62.1 Å². The van der Waals surface area contributed by atoms with E-state index >= 15 is 0 Å². The Balaban J connectivity index is 0.000000166. The molecular formula is C32H33BrF2N12O3. The number of fused-ring (bicyclic) bond motifs is 1. The Morgan fingerprint density at radius 3 is 1.94 bits per heavy atom. The van der Waals surface area contributed by atoms with E-state index in [9.17, 15) is 23.2 Å². The van der Waals surface area contributed by atoms with E-state index in [0.29, 0.717) is 28.4 Å². The number of carbonyl (C=O) groups is 3. The first-order chi connectivity index (χ1) is 24.2. The molecule has 2 aliphatic rings. The summed E-state index contributed by atoms with van der Waals surface area (Å²) in [4.78, 5) is 50.9. The van der Waals surface area contributed by atoms with Gasteiger partial charge in [0, 0.05) is 43.1 Å². The molecule has 4 amide bonds. The predicted octanol–water partition coefficient (Wildman–Crippen LogP) is 5.04. The van der Waals surface area contributed by atoms with E-state index in [-0.39, 0.29) is 34.7 Å². The van der Waals surface area contributed by atoms with Gasteiger partial charge in [-0.15, -0.1) is 5.10 Å². The number of imidazole rings is 1. The van der Waals surface area contributed by atoms with E-state index in [4.69, 9.17) is 5.73 Å². The smallest absolute Gasteiger partial charge is 0.321 e. The molecule has 0 spiro atoms. The fourth-order valence-electron chi connectivity index (χ4n) is 5.06. The highest BCUT2D eigenvalue weighted by atomic mass is 79.9. The molecule has 15 nitrogen and oxygen atoms in total. The van der Waals surface area contributed by atoms with Gasteiger partial charge in [0.25, 0.3) is 5.78 Å². The van der Waals surface area contributed by atoms with Crippen molar-refractivity contribution in [2.75, 3.05) is 47.9 Å². The van der Waals surface area contributed by atoms with Crippen LogP contribution in [0.2, 0.25) is 0 Å². The molecule has 4 N–H and O–H groups in total. The van der Waals surface area contributed by atoms with Crippen molar-refractivity contribution in [2.45, 2.75) is 25.7 Å². The van der Waals surface area contributed by atoms with E-state index in [2.05, 4.69) is 56.8 Å². The zero-order valence-corrected chi connectivity index (χ0v) is 28.3. The number of nitrogens with two attached hydrogens (primary N) is 1. The van der Waals surface area contributed by atoms with Crippen LogP contribution in [0.25, 0.3) is 17.0 Å². The van der Waals surface area contributed by atoms with Gasteiger partial charge in [-0.3, -0.25) is 4.79 Å². The second-order valence-electron chi connectivity index (χ2n) is 11.0. The number of alkyl halides is 1. The maximum Gasteiger partial charge on any atom is 0.321 e. The third-order valence-corrected chi connectivity index (χ3v) is 8.05. The second kappa shape index (κ2) is 17.1. The summed E-state index contributed by atoms with van der Waals surface area (Å²) in [5.41, 5.74) is 6.72. The molecule has 7 rings (SSSR count). The normalized spacial score (nSPS) is 13.6. The number of amides is 4. The number of urea groups is 2. The van der Waals surface area contributed by atoms with Gasteiger partial charge in [0.2, 0.25) is 5.95 Å². The van der Waals surface area contributed by atoms with E-state index in [1.54, 1.807) is 28.1 Å². The van der Waals surface area contributed by atoms with Gasteiger partial charge in [-0.1, -0.05) is 15.9 Å². The molecule has 2 saturated heterocycles. The van der Waals surface area contributed by atoms with Crippen molar-refractivity contribution >= 4 is 56.9 Å². The van der Waals surface area contributed by atoms with Crippen molar-refractivity contribution in [1.29, 1.82) is 0 Å². The van der Waals surface area contributed by atoms with Crippen LogP contribution in [0.5, 0.6) is 0 Å². The fraction of sp³-hybridized carbons (Fsp3) is 0.281. The van der Waals surface area contributed by atoms with Crippen molar-refractivity contribution in [3.05, 3.63) is 84.6 Å². The van der Waals surface area contributed by atoms with Crippen molar-refractivity contribution in [3.8, 4) is 11.3 Å². The number of carbonyl (C=O) groups excluding carboxylic acids is 3. The van der Waals surface area contributed by atoms with Crippen molar-refractivity contribution in [2.24, 2.45) is 0 Å². The minimum Gasteiger partial charge on any atom is -0.366 e. The summed E-state index contributed by atoms with van der Waals surface area (Å²) in [5, 5.41) is 16.5. The molecule has 0 aliphatic carbocycles. The summed E-state index contributed by atoms with van der Waals surface area (Å²) >= 11 is 3.00. The van der Waals surface area contributed by atoms with Crippen LogP contribution >= 0.6 is 15.9 Å². The van der Waals surface area contributed by atoms with E-state index < -0.39 is 11.6 Å². The molecule has 2 aromatic carbocycles. The summed E-state index contributed by atoms with van der Waals surface area (Å²) < 4.78 is 29.2. The zero-order chi connectivity index (χ0) is 35.5. The minimum atomic E-state index is -0.580. The Hall–Kier alpha value is -5.65. The molecule has 2 aliphatic heterocycles. The lowest BCUT2D eigenvalue weighted by Gasteiger charge is -2.16. The van der Waals surface area contributed by atoms with Crippen molar-refractivity contribution in [3.63, 3.8) is 0 Å². The summed E-state index contributed by atoms with van der Waals surface area (Å²) in [6, 6.07) is 8.07. The topological polar surface area (TPSA) is 190 Å². The molecule has 50 heavy (non-hydrogen) atoms. The van der Waals surface area contributed by atoms with Crippen molar-refractivity contribution < 1.29 is 23.2 Å².